The molecule has 1 fully saturated rings. The van der Waals surface area contributed by atoms with Gasteiger partial charge in [-0.1, -0.05) is 13.8 Å². The Morgan fingerprint density at radius 2 is 1.94 bits per heavy atom. The van der Waals surface area contributed by atoms with Gasteiger partial charge in [-0.25, -0.2) is 0 Å². The molecule has 0 aromatic carbocycles. The molecule has 2 amide bonds. The van der Waals surface area contributed by atoms with Gasteiger partial charge in [0.2, 0.25) is 11.8 Å². The van der Waals surface area contributed by atoms with E-state index in [1.165, 1.54) is 0 Å². The molecule has 1 aliphatic rings. The standard InChI is InChI=1S/C12H23N3O2/c1-9(2)7-15-10(16)3-6-14-11(17)12(8-13)4-5-12/h9H,3-8,13H2,1-2H3,(H,14,17)(H,15,16). The van der Waals surface area contributed by atoms with Gasteiger partial charge in [0.1, 0.15) is 0 Å². The average Bonchev–Trinajstić information content (AvgIpc) is 3.07. The Kier molecular flexibility index (Phi) is 4.93. The van der Waals surface area contributed by atoms with E-state index in [-0.39, 0.29) is 17.2 Å². The van der Waals surface area contributed by atoms with Crippen molar-refractivity contribution in [3.05, 3.63) is 0 Å². The number of nitrogens with two attached hydrogens (primary N) is 1. The predicted octanol–water partition coefficient (Wildman–Crippen LogP) is 0.00380. The molecule has 0 aromatic heterocycles. The van der Waals surface area contributed by atoms with E-state index in [4.69, 9.17) is 5.73 Å². The van der Waals surface area contributed by atoms with Crippen LogP contribution in [0.15, 0.2) is 0 Å². The van der Waals surface area contributed by atoms with Crippen molar-refractivity contribution in [3.63, 3.8) is 0 Å². The second kappa shape index (κ2) is 6.00. The minimum atomic E-state index is -0.325. The lowest BCUT2D eigenvalue weighted by Gasteiger charge is -2.13. The quantitative estimate of drug-likeness (QED) is 0.587. The van der Waals surface area contributed by atoms with Crippen LogP contribution in [-0.2, 0) is 9.59 Å². The van der Waals surface area contributed by atoms with Crippen molar-refractivity contribution in [3.8, 4) is 0 Å². The van der Waals surface area contributed by atoms with Gasteiger partial charge in [-0.2, -0.15) is 0 Å². The minimum Gasteiger partial charge on any atom is -0.356 e. The maximum Gasteiger partial charge on any atom is 0.227 e. The third-order valence-corrected chi connectivity index (χ3v) is 3.07. The molecule has 1 aliphatic carbocycles. The van der Waals surface area contributed by atoms with E-state index in [1.807, 2.05) is 13.8 Å². The molecule has 4 N–H and O–H groups in total. The van der Waals surface area contributed by atoms with Gasteiger partial charge in [-0.3, -0.25) is 9.59 Å². The maximum absolute atomic E-state index is 11.7. The van der Waals surface area contributed by atoms with Gasteiger partial charge in [0.15, 0.2) is 0 Å². The van der Waals surface area contributed by atoms with Crippen LogP contribution >= 0.6 is 0 Å². The monoisotopic (exact) mass is 241 g/mol. The summed E-state index contributed by atoms with van der Waals surface area (Å²) in [5.74, 6) is 0.425. The largest absolute Gasteiger partial charge is 0.356 e. The first kappa shape index (κ1) is 14.0. The number of carbonyl (C=O) groups excluding carboxylic acids is 2. The van der Waals surface area contributed by atoms with Gasteiger partial charge >= 0.3 is 0 Å². The minimum absolute atomic E-state index is 0.00309. The smallest absolute Gasteiger partial charge is 0.227 e. The Morgan fingerprint density at radius 1 is 1.29 bits per heavy atom. The summed E-state index contributed by atoms with van der Waals surface area (Å²) in [5, 5.41) is 5.58. The van der Waals surface area contributed by atoms with Crippen molar-refractivity contribution in [1.82, 2.24) is 10.6 Å². The Bertz CT molecular complexity index is 285. The van der Waals surface area contributed by atoms with Crippen molar-refractivity contribution in [1.29, 1.82) is 0 Å². The van der Waals surface area contributed by atoms with Crippen LogP contribution in [0.2, 0.25) is 0 Å². The van der Waals surface area contributed by atoms with Crippen LogP contribution in [0.4, 0.5) is 0 Å². The zero-order valence-electron chi connectivity index (χ0n) is 10.7. The number of carbonyl (C=O) groups is 2. The lowest BCUT2D eigenvalue weighted by atomic mass is 10.1. The zero-order chi connectivity index (χ0) is 12.9. The first-order chi connectivity index (χ1) is 8.00. The summed E-state index contributed by atoms with van der Waals surface area (Å²) in [6.07, 6.45) is 2.07. The van der Waals surface area contributed by atoms with Crippen LogP contribution < -0.4 is 16.4 Å². The average molecular weight is 241 g/mol. The summed E-state index contributed by atoms with van der Waals surface area (Å²) in [6.45, 7) is 5.56. The molecule has 0 aromatic rings. The molecule has 0 atom stereocenters. The number of hydrogen-bond acceptors (Lipinski definition) is 3. The molecule has 1 saturated carbocycles. The second-order valence-electron chi connectivity index (χ2n) is 5.19. The molecule has 5 nitrogen and oxygen atoms in total. The highest BCUT2D eigenvalue weighted by molar-refractivity contribution is 5.86. The Morgan fingerprint density at radius 3 is 2.41 bits per heavy atom. The van der Waals surface area contributed by atoms with E-state index in [1.54, 1.807) is 0 Å². The highest BCUT2D eigenvalue weighted by Gasteiger charge is 2.48. The molecule has 0 radical (unpaired) electrons. The van der Waals surface area contributed by atoms with Crippen LogP contribution in [-0.4, -0.2) is 31.4 Å². The van der Waals surface area contributed by atoms with Gasteiger partial charge in [-0.05, 0) is 18.8 Å². The molecule has 0 heterocycles. The van der Waals surface area contributed by atoms with Crippen LogP contribution in [0.1, 0.15) is 33.1 Å². The van der Waals surface area contributed by atoms with Crippen LogP contribution in [0.25, 0.3) is 0 Å². The Labute approximate surface area is 103 Å². The molecule has 0 spiro atoms. The molecule has 98 valence electrons. The summed E-state index contributed by atoms with van der Waals surface area (Å²) in [5.41, 5.74) is 5.22. The molecular weight excluding hydrogens is 218 g/mol. The fraction of sp³-hybridized carbons (Fsp3) is 0.833. The number of nitrogens with one attached hydrogen (secondary N) is 2. The van der Waals surface area contributed by atoms with Gasteiger partial charge in [0.05, 0.1) is 5.41 Å². The number of amides is 2. The molecule has 5 heteroatoms. The summed E-state index contributed by atoms with van der Waals surface area (Å²) < 4.78 is 0. The molecule has 0 saturated heterocycles. The first-order valence-electron chi connectivity index (χ1n) is 6.25. The highest BCUT2D eigenvalue weighted by atomic mass is 16.2. The Balaban J connectivity index is 2.11. The summed E-state index contributed by atoms with van der Waals surface area (Å²) in [4.78, 5) is 23.1. The molecule has 0 bridgehead atoms. The van der Waals surface area contributed by atoms with E-state index in [9.17, 15) is 9.59 Å². The first-order valence-corrected chi connectivity index (χ1v) is 6.25. The van der Waals surface area contributed by atoms with Gasteiger partial charge < -0.3 is 16.4 Å². The summed E-state index contributed by atoms with van der Waals surface area (Å²) in [7, 11) is 0. The van der Waals surface area contributed by atoms with Gasteiger partial charge in [-0.15, -0.1) is 0 Å². The van der Waals surface area contributed by atoms with Crippen molar-refractivity contribution >= 4 is 11.8 Å². The van der Waals surface area contributed by atoms with Crippen LogP contribution in [0.3, 0.4) is 0 Å². The lowest BCUT2D eigenvalue weighted by molar-refractivity contribution is -0.126. The van der Waals surface area contributed by atoms with E-state index in [0.717, 1.165) is 12.8 Å². The molecular formula is C12H23N3O2. The van der Waals surface area contributed by atoms with E-state index >= 15 is 0 Å². The lowest BCUT2D eigenvalue weighted by Crippen LogP contribution is -2.38. The second-order valence-corrected chi connectivity index (χ2v) is 5.19. The van der Waals surface area contributed by atoms with Gasteiger partial charge in [0.25, 0.3) is 0 Å². The topological polar surface area (TPSA) is 84.2 Å². The third kappa shape index (κ3) is 4.34. The number of rotatable bonds is 7. The Hall–Kier alpha value is -1.10. The molecule has 1 rings (SSSR count). The fourth-order valence-electron chi connectivity index (χ4n) is 1.56. The normalized spacial score (nSPS) is 16.7. The molecule has 0 unspecified atom stereocenters. The summed E-state index contributed by atoms with van der Waals surface area (Å²) >= 11 is 0. The molecule has 0 aliphatic heterocycles. The van der Waals surface area contributed by atoms with Crippen molar-refractivity contribution in [2.24, 2.45) is 17.1 Å². The zero-order valence-corrected chi connectivity index (χ0v) is 10.7. The predicted molar refractivity (Wildman–Crippen MR) is 66.2 cm³/mol. The van der Waals surface area contributed by atoms with Crippen molar-refractivity contribution in [2.75, 3.05) is 19.6 Å². The van der Waals surface area contributed by atoms with Crippen molar-refractivity contribution in [2.45, 2.75) is 33.1 Å². The van der Waals surface area contributed by atoms with Crippen molar-refractivity contribution < 1.29 is 9.59 Å². The summed E-state index contributed by atoms with van der Waals surface area (Å²) in [6, 6.07) is 0. The SMILES string of the molecule is CC(C)CNC(=O)CCNC(=O)C1(CN)CC1. The van der Waals surface area contributed by atoms with Crippen LogP contribution in [0.5, 0.6) is 0 Å². The number of hydrogen-bond donors (Lipinski definition) is 3. The van der Waals surface area contributed by atoms with Gasteiger partial charge in [0, 0.05) is 26.1 Å². The maximum atomic E-state index is 11.7. The van der Waals surface area contributed by atoms with Crippen LogP contribution in [0, 0.1) is 11.3 Å². The molecule has 17 heavy (non-hydrogen) atoms. The van der Waals surface area contributed by atoms with E-state index in [0.29, 0.717) is 32.0 Å². The fourth-order valence-corrected chi connectivity index (χ4v) is 1.56. The highest BCUT2D eigenvalue weighted by Crippen LogP contribution is 2.44. The third-order valence-electron chi connectivity index (χ3n) is 3.07. The van der Waals surface area contributed by atoms with E-state index in [2.05, 4.69) is 10.6 Å². The van der Waals surface area contributed by atoms with E-state index < -0.39 is 0 Å².